The van der Waals surface area contributed by atoms with Crippen LogP contribution in [-0.4, -0.2) is 38.7 Å². The summed E-state index contributed by atoms with van der Waals surface area (Å²) in [6.45, 7) is 10.5. The zero-order valence-corrected chi connectivity index (χ0v) is 16.7. The third-order valence-corrected chi connectivity index (χ3v) is 5.40. The first-order valence-corrected chi connectivity index (χ1v) is 9.87. The highest BCUT2D eigenvalue weighted by atomic mass is 32.2. The molecule has 6 nitrogen and oxygen atoms in total. The molecule has 2 heterocycles. The maximum absolute atomic E-state index is 12.5. The Morgan fingerprint density at radius 2 is 2.04 bits per heavy atom. The van der Waals surface area contributed by atoms with Gasteiger partial charge in [-0.15, -0.1) is 16.9 Å². The van der Waals surface area contributed by atoms with Crippen molar-refractivity contribution in [1.82, 2.24) is 20.3 Å². The number of benzene rings is 1. The van der Waals surface area contributed by atoms with Gasteiger partial charge in [-0.2, -0.15) is 0 Å². The number of nitrogens with one attached hydrogen (secondary N) is 2. The third kappa shape index (κ3) is 4.86. The van der Waals surface area contributed by atoms with Crippen LogP contribution in [0.25, 0.3) is 0 Å². The molecule has 3 rings (SSSR count). The van der Waals surface area contributed by atoms with Crippen molar-refractivity contribution in [2.75, 3.05) is 18.4 Å². The van der Waals surface area contributed by atoms with Gasteiger partial charge in [0.1, 0.15) is 0 Å². The van der Waals surface area contributed by atoms with Gasteiger partial charge in [-0.25, -0.2) is 4.68 Å². The van der Waals surface area contributed by atoms with Crippen molar-refractivity contribution in [1.29, 1.82) is 0 Å². The molecule has 1 aromatic carbocycles. The topological polar surface area (TPSA) is 71.8 Å². The van der Waals surface area contributed by atoms with Gasteiger partial charge >= 0.3 is 0 Å². The second-order valence-corrected chi connectivity index (χ2v) is 9.61. The van der Waals surface area contributed by atoms with E-state index in [0.29, 0.717) is 11.7 Å². The van der Waals surface area contributed by atoms with Gasteiger partial charge in [-0.3, -0.25) is 4.79 Å². The molecule has 1 amide bonds. The van der Waals surface area contributed by atoms with Crippen molar-refractivity contribution in [3.63, 3.8) is 0 Å². The minimum absolute atomic E-state index is 0.157. The molecule has 0 aliphatic carbocycles. The highest BCUT2D eigenvalue weighted by Crippen LogP contribution is 2.33. The summed E-state index contributed by atoms with van der Waals surface area (Å²) in [5.41, 5.74) is 2.21. The predicted octanol–water partition coefficient (Wildman–Crippen LogP) is 3.65. The number of piperidine rings is 1. The Morgan fingerprint density at radius 1 is 1.31 bits per heavy atom. The van der Waals surface area contributed by atoms with Crippen LogP contribution in [0, 0.1) is 6.92 Å². The van der Waals surface area contributed by atoms with E-state index in [2.05, 4.69) is 47.8 Å². The monoisotopic (exact) mass is 373 g/mol. The first-order chi connectivity index (χ1) is 12.3. The van der Waals surface area contributed by atoms with Gasteiger partial charge in [0.05, 0.1) is 12.2 Å². The van der Waals surface area contributed by atoms with Gasteiger partial charge in [0.2, 0.25) is 0 Å². The molecule has 0 saturated carbocycles. The SMILES string of the molecule is Cc1cc(SC(C)(C)C)ccc1NC(=O)c1cn(C2CCNCC2)nn1. The van der Waals surface area contributed by atoms with Crippen molar-refractivity contribution in [3.8, 4) is 0 Å². The summed E-state index contributed by atoms with van der Waals surface area (Å²) in [6.07, 6.45) is 3.78. The number of aromatic nitrogens is 3. The van der Waals surface area contributed by atoms with Crippen LogP contribution in [0.15, 0.2) is 29.3 Å². The number of hydrogen-bond acceptors (Lipinski definition) is 5. The van der Waals surface area contributed by atoms with E-state index in [4.69, 9.17) is 0 Å². The first kappa shape index (κ1) is 18.9. The van der Waals surface area contributed by atoms with E-state index >= 15 is 0 Å². The number of hydrogen-bond donors (Lipinski definition) is 2. The van der Waals surface area contributed by atoms with Crippen LogP contribution in [0.4, 0.5) is 5.69 Å². The summed E-state index contributed by atoms with van der Waals surface area (Å²) in [7, 11) is 0. The summed E-state index contributed by atoms with van der Waals surface area (Å²) in [4.78, 5) is 13.7. The van der Waals surface area contributed by atoms with E-state index in [-0.39, 0.29) is 10.7 Å². The largest absolute Gasteiger partial charge is 0.320 e. The Balaban J connectivity index is 1.67. The maximum atomic E-state index is 12.5. The lowest BCUT2D eigenvalue weighted by Crippen LogP contribution is -2.29. The minimum atomic E-state index is -0.218. The molecule has 0 radical (unpaired) electrons. The number of amides is 1. The molecule has 0 bridgehead atoms. The fraction of sp³-hybridized carbons (Fsp3) is 0.526. The number of carbonyl (C=O) groups is 1. The lowest BCUT2D eigenvalue weighted by Gasteiger charge is -2.22. The third-order valence-electron chi connectivity index (χ3n) is 4.30. The summed E-state index contributed by atoms with van der Waals surface area (Å²) in [5.74, 6) is -0.218. The van der Waals surface area contributed by atoms with E-state index in [1.807, 2.05) is 35.5 Å². The maximum Gasteiger partial charge on any atom is 0.277 e. The second kappa shape index (κ2) is 7.80. The Kier molecular flexibility index (Phi) is 5.67. The molecule has 0 atom stereocenters. The van der Waals surface area contributed by atoms with Crippen LogP contribution >= 0.6 is 11.8 Å². The van der Waals surface area contributed by atoms with Crippen molar-refractivity contribution in [3.05, 3.63) is 35.7 Å². The molecule has 140 valence electrons. The standard InChI is InChI=1S/C19H27N5OS/c1-13-11-15(26-19(2,3)4)5-6-16(13)21-18(25)17-12-24(23-22-17)14-7-9-20-10-8-14/h5-6,11-12,14,20H,7-10H2,1-4H3,(H,21,25). The molecular formula is C19H27N5OS. The van der Waals surface area contributed by atoms with Crippen molar-refractivity contribution in [2.45, 2.75) is 56.2 Å². The van der Waals surface area contributed by atoms with Gasteiger partial charge in [0.25, 0.3) is 5.91 Å². The molecule has 1 aliphatic heterocycles. The van der Waals surface area contributed by atoms with Gasteiger partial charge in [-0.1, -0.05) is 26.0 Å². The predicted molar refractivity (Wildman–Crippen MR) is 106 cm³/mol. The lowest BCUT2D eigenvalue weighted by molar-refractivity contribution is 0.102. The van der Waals surface area contributed by atoms with Gasteiger partial charge in [0.15, 0.2) is 5.69 Å². The first-order valence-electron chi connectivity index (χ1n) is 9.05. The number of thioether (sulfide) groups is 1. The van der Waals surface area contributed by atoms with Crippen molar-refractivity contribution in [2.24, 2.45) is 0 Å². The number of aryl methyl sites for hydroxylation is 1. The molecule has 1 aromatic heterocycles. The van der Waals surface area contributed by atoms with Crippen molar-refractivity contribution >= 4 is 23.4 Å². The number of nitrogens with zero attached hydrogens (tertiary/aromatic N) is 3. The molecule has 1 saturated heterocycles. The van der Waals surface area contributed by atoms with Crippen LogP contribution in [0.2, 0.25) is 0 Å². The molecule has 0 spiro atoms. The molecule has 1 aliphatic rings. The molecular weight excluding hydrogens is 346 g/mol. The molecule has 2 N–H and O–H groups in total. The average molecular weight is 374 g/mol. The molecule has 0 unspecified atom stereocenters. The highest BCUT2D eigenvalue weighted by Gasteiger charge is 2.19. The minimum Gasteiger partial charge on any atom is -0.320 e. The Morgan fingerprint density at radius 3 is 2.69 bits per heavy atom. The van der Waals surface area contributed by atoms with Crippen LogP contribution in [0.5, 0.6) is 0 Å². The van der Waals surface area contributed by atoms with Gasteiger partial charge in [0, 0.05) is 15.3 Å². The van der Waals surface area contributed by atoms with Crippen LogP contribution in [0.1, 0.15) is 55.7 Å². The van der Waals surface area contributed by atoms with Crippen LogP contribution < -0.4 is 10.6 Å². The van der Waals surface area contributed by atoms with Crippen molar-refractivity contribution < 1.29 is 4.79 Å². The Labute approximate surface area is 159 Å². The van der Waals surface area contributed by atoms with E-state index < -0.39 is 0 Å². The van der Waals surface area contributed by atoms with E-state index in [0.717, 1.165) is 37.2 Å². The van der Waals surface area contributed by atoms with E-state index in [1.165, 1.54) is 4.90 Å². The fourth-order valence-electron chi connectivity index (χ4n) is 3.01. The van der Waals surface area contributed by atoms with Crippen LogP contribution in [-0.2, 0) is 0 Å². The summed E-state index contributed by atoms with van der Waals surface area (Å²) >= 11 is 1.81. The average Bonchev–Trinajstić information content (AvgIpc) is 3.07. The molecule has 26 heavy (non-hydrogen) atoms. The van der Waals surface area contributed by atoms with Gasteiger partial charge in [-0.05, 0) is 56.6 Å². The van der Waals surface area contributed by atoms with Crippen LogP contribution in [0.3, 0.4) is 0 Å². The quantitative estimate of drug-likeness (QED) is 0.801. The Bertz CT molecular complexity index is 774. The van der Waals surface area contributed by atoms with E-state index in [1.54, 1.807) is 6.20 Å². The fourth-order valence-corrected chi connectivity index (χ4v) is 4.09. The zero-order chi connectivity index (χ0) is 18.7. The summed E-state index contributed by atoms with van der Waals surface area (Å²) in [6, 6.07) is 6.43. The second-order valence-electron chi connectivity index (χ2n) is 7.71. The number of rotatable bonds is 4. The molecule has 7 heteroatoms. The highest BCUT2D eigenvalue weighted by molar-refractivity contribution is 8.00. The molecule has 1 fully saturated rings. The summed E-state index contributed by atoms with van der Waals surface area (Å²) < 4.78 is 1.98. The van der Waals surface area contributed by atoms with Gasteiger partial charge < -0.3 is 10.6 Å². The lowest BCUT2D eigenvalue weighted by atomic mass is 10.1. The smallest absolute Gasteiger partial charge is 0.277 e. The number of anilines is 1. The zero-order valence-electron chi connectivity index (χ0n) is 15.9. The normalized spacial score (nSPS) is 15.8. The van der Waals surface area contributed by atoms with E-state index in [9.17, 15) is 4.79 Å². The Hall–Kier alpha value is -1.86. The number of carbonyl (C=O) groups excluding carboxylic acids is 1. The molecule has 2 aromatic rings. The summed E-state index contributed by atoms with van der Waals surface area (Å²) in [5, 5.41) is 14.5.